The molecule has 2 unspecified atom stereocenters. The van der Waals surface area contributed by atoms with E-state index in [1.165, 1.54) is 14.2 Å². The monoisotopic (exact) mass is 868 g/mol. The Morgan fingerprint density at radius 3 is 2.31 bits per heavy atom. The number of benzene rings is 3. The summed E-state index contributed by atoms with van der Waals surface area (Å²) in [6, 6.07) is 16.8. The second-order valence-electron chi connectivity index (χ2n) is 16.8. The molecule has 4 heterocycles. The molecule has 330 valence electrons. The highest BCUT2D eigenvalue weighted by Gasteiger charge is 2.34. The Labute approximate surface area is 363 Å². The third-order valence-corrected chi connectivity index (χ3v) is 13.3. The van der Waals surface area contributed by atoms with E-state index >= 15 is 4.21 Å². The molecule has 0 spiro atoms. The molecule has 62 heavy (non-hydrogen) atoms. The third kappa shape index (κ3) is 8.89. The summed E-state index contributed by atoms with van der Waals surface area (Å²) in [6.07, 6.45) is 7.57. The number of rotatable bonds is 14. The summed E-state index contributed by atoms with van der Waals surface area (Å²) in [5.41, 5.74) is 3.99. The minimum absolute atomic E-state index is 0.0855. The lowest BCUT2D eigenvalue weighted by atomic mass is 10.0. The van der Waals surface area contributed by atoms with Crippen molar-refractivity contribution >= 4 is 55.5 Å². The van der Waals surface area contributed by atoms with Gasteiger partial charge in [0.15, 0.2) is 23.4 Å². The highest BCUT2D eigenvalue weighted by Crippen LogP contribution is 2.46. The fourth-order valence-corrected chi connectivity index (χ4v) is 9.88. The molecular formula is C46H56N6O9S. The molecule has 2 atom stereocenters. The molecule has 16 heteroatoms. The van der Waals surface area contributed by atoms with Crippen LogP contribution in [-0.4, -0.2) is 89.7 Å². The molecule has 1 saturated heterocycles. The summed E-state index contributed by atoms with van der Waals surface area (Å²) in [5, 5.41) is 13.5. The van der Waals surface area contributed by atoms with Crippen LogP contribution in [0.1, 0.15) is 88.3 Å². The average molecular weight is 869 g/mol. The van der Waals surface area contributed by atoms with E-state index in [2.05, 4.69) is 28.5 Å². The summed E-state index contributed by atoms with van der Waals surface area (Å²) in [4.78, 5) is 15.0. The van der Waals surface area contributed by atoms with Gasteiger partial charge in [0, 0.05) is 43.4 Å². The first-order chi connectivity index (χ1) is 29.8. The number of nitrogens with zero attached hydrogens (tertiary/aromatic N) is 5. The molecule has 2 aliphatic heterocycles. The molecule has 1 N–H and O–H groups in total. The van der Waals surface area contributed by atoms with Crippen LogP contribution < -0.4 is 28.6 Å². The lowest BCUT2D eigenvalue weighted by Crippen LogP contribution is -2.39. The van der Waals surface area contributed by atoms with Gasteiger partial charge in [0.1, 0.15) is 33.5 Å². The van der Waals surface area contributed by atoms with Crippen LogP contribution in [0, 0.1) is 0 Å². The van der Waals surface area contributed by atoms with Gasteiger partial charge in [0.05, 0.1) is 55.8 Å². The van der Waals surface area contributed by atoms with E-state index < -0.39 is 21.4 Å². The Balaban J connectivity index is 1.17. The second-order valence-corrected chi connectivity index (χ2v) is 19.0. The van der Waals surface area contributed by atoms with Gasteiger partial charge in [-0.3, -0.25) is 4.31 Å². The van der Waals surface area contributed by atoms with E-state index in [0.29, 0.717) is 59.4 Å². The van der Waals surface area contributed by atoms with E-state index in [-0.39, 0.29) is 35.0 Å². The standard InChI is InChI=1S/C46H56N6O9S/c1-46(2,3)60-45(53)50-20-11-12-31(28-50)32-22-39(57-6)43(40(23-32)58-7)62(8,54)51(27-29-14-18-33(55-4)19-15-29)44-34-24-38(56-5)35(25-37(34)61-49-44)47-41-26-36(30-16-17-30)52(48-41)42-13-9-10-21-59-42/h12,14-15,18-19,22-26,30,42H,8-11,13,16-17,20-21,27-28H2,1-7H3,(H,47,48). The van der Waals surface area contributed by atoms with Gasteiger partial charge in [0.2, 0.25) is 0 Å². The number of hydrogen-bond acceptors (Lipinski definition) is 12. The first kappa shape index (κ1) is 42.8. The molecule has 0 bridgehead atoms. The molecule has 1 amide bonds. The quantitative estimate of drug-likeness (QED) is 0.106. The SMILES string of the molecule is C=S(=O)(c1c(OC)cc(C2=CCCN(C(=O)OC(C)(C)C)C2)cc1OC)N(Cc1ccc(OC)cc1)c1noc2cc(Nc3cc(C4CC4)n(C4CCCCO4)n3)c(OC)cc12. The second kappa shape index (κ2) is 17.5. The number of fused-ring (bicyclic) bond motifs is 1. The first-order valence-corrected chi connectivity index (χ1v) is 22.6. The maximum atomic E-state index is 15.8. The summed E-state index contributed by atoms with van der Waals surface area (Å²) >= 11 is 0. The van der Waals surface area contributed by atoms with Crippen LogP contribution in [0.2, 0.25) is 0 Å². The van der Waals surface area contributed by atoms with E-state index in [4.69, 9.17) is 38.0 Å². The minimum Gasteiger partial charge on any atom is -0.497 e. The number of carbonyl (C=O) groups excluding carboxylic acids is 1. The van der Waals surface area contributed by atoms with E-state index in [1.807, 2.05) is 61.9 Å². The smallest absolute Gasteiger partial charge is 0.410 e. The first-order valence-electron chi connectivity index (χ1n) is 21.0. The summed E-state index contributed by atoms with van der Waals surface area (Å²) in [5.74, 6) is 7.54. The van der Waals surface area contributed by atoms with Crippen molar-refractivity contribution < 1.29 is 41.9 Å². The van der Waals surface area contributed by atoms with Gasteiger partial charge >= 0.3 is 6.09 Å². The van der Waals surface area contributed by atoms with Crippen molar-refractivity contribution in [2.75, 3.05) is 57.8 Å². The van der Waals surface area contributed by atoms with Crippen molar-refractivity contribution in [3.63, 3.8) is 0 Å². The molecule has 5 aromatic rings. The van der Waals surface area contributed by atoms with E-state index in [0.717, 1.165) is 61.1 Å². The topological polar surface area (TPSA) is 152 Å². The van der Waals surface area contributed by atoms with Crippen LogP contribution in [-0.2, 0) is 25.7 Å². The van der Waals surface area contributed by atoms with Crippen LogP contribution in [0.3, 0.4) is 0 Å². The fourth-order valence-electron chi connectivity index (χ4n) is 7.98. The molecule has 1 aliphatic carbocycles. The normalized spacial score (nSPS) is 17.8. The molecule has 3 aliphatic rings. The van der Waals surface area contributed by atoms with Gasteiger partial charge < -0.3 is 43.2 Å². The summed E-state index contributed by atoms with van der Waals surface area (Å²) in [6.45, 7) is 7.19. The Bertz CT molecular complexity index is 2540. The number of anilines is 3. The van der Waals surface area contributed by atoms with Crippen molar-refractivity contribution in [2.45, 2.75) is 88.5 Å². The van der Waals surface area contributed by atoms with Gasteiger partial charge in [-0.05, 0) is 112 Å². The maximum absolute atomic E-state index is 15.8. The number of amides is 1. The molecule has 8 rings (SSSR count). The van der Waals surface area contributed by atoms with Crippen LogP contribution in [0.4, 0.5) is 22.1 Å². The van der Waals surface area contributed by atoms with Crippen LogP contribution in [0.5, 0.6) is 23.0 Å². The van der Waals surface area contributed by atoms with Gasteiger partial charge in [-0.25, -0.2) is 13.7 Å². The van der Waals surface area contributed by atoms with E-state index in [1.54, 1.807) is 35.6 Å². The lowest BCUT2D eigenvalue weighted by Gasteiger charge is -2.31. The molecule has 3 aromatic carbocycles. The van der Waals surface area contributed by atoms with Crippen molar-refractivity contribution in [2.24, 2.45) is 0 Å². The Hall–Kier alpha value is -5.87. The van der Waals surface area contributed by atoms with Crippen LogP contribution in [0.25, 0.3) is 16.5 Å². The molecule has 2 fully saturated rings. The van der Waals surface area contributed by atoms with Gasteiger partial charge in [0.25, 0.3) is 0 Å². The molecule has 0 radical (unpaired) electrons. The summed E-state index contributed by atoms with van der Waals surface area (Å²) in [7, 11) is 2.66. The lowest BCUT2D eigenvalue weighted by molar-refractivity contribution is -0.0409. The fraction of sp³-hybridized carbons (Fsp3) is 0.435. The van der Waals surface area contributed by atoms with Crippen LogP contribution >= 0.6 is 0 Å². The molecule has 1 saturated carbocycles. The molecule has 2 aromatic heterocycles. The number of carbonyl (C=O) groups is 1. The largest absolute Gasteiger partial charge is 0.497 e. The highest BCUT2D eigenvalue weighted by molar-refractivity contribution is 8.01. The zero-order chi connectivity index (χ0) is 43.8. The molecule has 15 nitrogen and oxygen atoms in total. The van der Waals surface area contributed by atoms with Gasteiger partial charge in [-0.2, -0.15) is 5.10 Å². The van der Waals surface area contributed by atoms with Gasteiger partial charge in [-0.1, -0.05) is 23.4 Å². The highest BCUT2D eigenvalue weighted by atomic mass is 32.2. The number of methoxy groups -OCH3 is 4. The third-order valence-electron chi connectivity index (χ3n) is 11.3. The maximum Gasteiger partial charge on any atom is 0.410 e. The number of aromatic nitrogens is 3. The Morgan fingerprint density at radius 2 is 1.68 bits per heavy atom. The predicted molar refractivity (Wildman–Crippen MR) is 240 cm³/mol. The number of nitrogens with one attached hydrogen (secondary N) is 1. The van der Waals surface area contributed by atoms with Crippen molar-refractivity contribution in [1.82, 2.24) is 19.8 Å². The predicted octanol–water partition coefficient (Wildman–Crippen LogP) is 9.10. The van der Waals surface area contributed by atoms with E-state index in [9.17, 15) is 4.79 Å². The average Bonchev–Trinajstić information content (AvgIpc) is 3.92. The van der Waals surface area contributed by atoms with Gasteiger partial charge in [-0.15, -0.1) is 0 Å². The zero-order valence-electron chi connectivity index (χ0n) is 36.5. The molecular weight excluding hydrogens is 813 g/mol. The minimum atomic E-state index is -3.56. The summed E-state index contributed by atoms with van der Waals surface area (Å²) < 4.78 is 60.6. The van der Waals surface area contributed by atoms with Crippen molar-refractivity contribution in [3.05, 3.63) is 77.5 Å². The zero-order valence-corrected chi connectivity index (χ0v) is 37.3. The number of hydrogen-bond donors (Lipinski definition) is 1. The number of ether oxygens (including phenoxy) is 6. The van der Waals surface area contributed by atoms with Crippen molar-refractivity contribution in [1.29, 1.82) is 0 Å². The van der Waals surface area contributed by atoms with Crippen LogP contribution in [0.15, 0.2) is 70.1 Å². The Kier molecular flexibility index (Phi) is 12.1. The van der Waals surface area contributed by atoms with Crippen molar-refractivity contribution in [3.8, 4) is 23.0 Å². The Morgan fingerprint density at radius 1 is 0.952 bits per heavy atom.